The zero-order valence-corrected chi connectivity index (χ0v) is 46.2. The van der Waals surface area contributed by atoms with Gasteiger partial charge in [-0.2, -0.15) is 0 Å². The van der Waals surface area contributed by atoms with E-state index in [9.17, 15) is 0 Å². The van der Waals surface area contributed by atoms with Crippen LogP contribution in [0.1, 0.15) is 174 Å². The molecule has 0 fully saturated rings. The van der Waals surface area contributed by atoms with Crippen LogP contribution in [0.5, 0.6) is 0 Å². The summed E-state index contributed by atoms with van der Waals surface area (Å²) in [5.74, 6) is 0.430. The fraction of sp³-hybridized carbons (Fsp3) is 0.477. The Morgan fingerprint density at radius 3 is 1.84 bits per heavy atom. The second-order valence-corrected chi connectivity index (χ2v) is 28.4. The van der Waals surface area contributed by atoms with Gasteiger partial charge in [0.25, 0.3) is 6.71 Å². The van der Waals surface area contributed by atoms with Crippen LogP contribution in [0, 0.1) is 37.5 Å². The third kappa shape index (κ3) is 7.28. The number of hydrogen-bond acceptors (Lipinski definition) is 3. The molecule has 6 aliphatic rings. The van der Waals surface area contributed by atoms with E-state index in [0.29, 0.717) is 5.92 Å². The molecule has 0 spiro atoms. The van der Waals surface area contributed by atoms with E-state index in [2.05, 4.69) is 224 Å². The molecule has 2 aliphatic heterocycles. The van der Waals surface area contributed by atoms with E-state index >= 15 is 0 Å². The van der Waals surface area contributed by atoms with Crippen LogP contribution in [-0.4, -0.2) is 12.8 Å². The smallest absolute Gasteiger partial charge is 0.264 e. The Morgan fingerprint density at radius 1 is 0.652 bits per heavy atom. The van der Waals surface area contributed by atoms with Crippen LogP contribution in [0.3, 0.4) is 0 Å². The Balaban J connectivity index is 1.28. The van der Waals surface area contributed by atoms with Gasteiger partial charge in [0.15, 0.2) is 0 Å². The second-order valence-electron chi connectivity index (χ2n) is 27.3. The quantitative estimate of drug-likeness (QED) is 0.166. The molecule has 358 valence electrons. The van der Waals surface area contributed by atoms with Gasteiger partial charge < -0.3 is 9.80 Å². The number of anilines is 4. The molecule has 4 aromatic carbocycles. The molecule has 1 aromatic heterocycles. The number of fused-ring (bicyclic) bond motifs is 7. The summed E-state index contributed by atoms with van der Waals surface area (Å²) in [7, 11) is 0. The first-order valence-electron chi connectivity index (χ1n) is 26.6. The van der Waals surface area contributed by atoms with Gasteiger partial charge in [-0.15, -0.1) is 11.3 Å². The largest absolute Gasteiger partial charge is 0.339 e. The third-order valence-electron chi connectivity index (χ3n) is 18.4. The van der Waals surface area contributed by atoms with Gasteiger partial charge in [-0.25, -0.2) is 0 Å². The maximum absolute atomic E-state index is 2.86. The lowest BCUT2D eigenvalue weighted by molar-refractivity contribution is 0.286. The number of benzene rings is 4. The van der Waals surface area contributed by atoms with E-state index in [4.69, 9.17) is 0 Å². The molecule has 0 radical (unpaired) electrons. The van der Waals surface area contributed by atoms with Crippen LogP contribution in [0.25, 0.3) is 21.2 Å². The number of hydrogen-bond donors (Lipinski definition) is 0. The SMILES string of the molecule is Cc1cc(C)c(-c2cc3c4c(c2)N(C2C=CC(C(C)(C)C)=CC2)C2=C(C=CC(C(C)(C)C)C2)B4c2sc4cc5c(cc4c2N3c2ccc3c(c2)C(C)(C)CCC3(C)C)C(C)(C)CCC5(C)C)c(C)c1. The molecule has 2 nitrogen and oxygen atoms in total. The fourth-order valence-corrected chi connectivity index (χ4v) is 15.2. The van der Waals surface area contributed by atoms with Crippen molar-refractivity contribution in [2.45, 2.75) is 184 Å². The summed E-state index contributed by atoms with van der Waals surface area (Å²) in [5, 5.41) is 1.42. The number of rotatable bonds is 3. The van der Waals surface area contributed by atoms with Crippen LogP contribution >= 0.6 is 11.3 Å². The minimum absolute atomic E-state index is 0.0740. The summed E-state index contributed by atoms with van der Waals surface area (Å²) >= 11 is 2.10. The Kier molecular flexibility index (Phi) is 10.3. The third-order valence-corrected chi connectivity index (χ3v) is 19.6. The van der Waals surface area contributed by atoms with E-state index in [0.717, 1.165) is 12.8 Å². The molecule has 0 saturated carbocycles. The Hall–Kier alpha value is -4.54. The molecule has 69 heavy (non-hydrogen) atoms. The van der Waals surface area contributed by atoms with E-state index in [-0.39, 0.29) is 45.2 Å². The normalized spacial score (nSPS) is 22.8. The fourth-order valence-electron chi connectivity index (χ4n) is 13.9. The van der Waals surface area contributed by atoms with Crippen molar-refractivity contribution in [3.05, 3.63) is 141 Å². The van der Waals surface area contributed by atoms with Crippen LogP contribution < -0.4 is 20.0 Å². The van der Waals surface area contributed by atoms with Gasteiger partial charge in [0.2, 0.25) is 0 Å². The molecule has 11 rings (SSSR count). The van der Waals surface area contributed by atoms with Gasteiger partial charge in [-0.3, -0.25) is 0 Å². The molecule has 0 bridgehead atoms. The summed E-state index contributed by atoms with van der Waals surface area (Å²) in [6.07, 6.45) is 19.6. The lowest BCUT2D eigenvalue weighted by Crippen LogP contribution is -2.57. The van der Waals surface area contributed by atoms with Crippen molar-refractivity contribution in [2.24, 2.45) is 16.7 Å². The molecular weight excluding hydrogens is 852 g/mol. The molecule has 5 aromatic rings. The first-order chi connectivity index (χ1) is 32.2. The van der Waals surface area contributed by atoms with E-state index in [1.807, 2.05) is 0 Å². The lowest BCUT2D eigenvalue weighted by Gasteiger charge is -2.49. The van der Waals surface area contributed by atoms with Crippen LogP contribution in [0.2, 0.25) is 0 Å². The van der Waals surface area contributed by atoms with E-state index < -0.39 is 0 Å². The summed E-state index contributed by atoms with van der Waals surface area (Å²) in [6, 6.07) is 23.3. The van der Waals surface area contributed by atoms with Crippen LogP contribution in [-0.2, 0) is 21.7 Å². The van der Waals surface area contributed by atoms with Crippen LogP contribution in [0.4, 0.5) is 22.7 Å². The highest BCUT2D eigenvalue weighted by molar-refractivity contribution is 7.33. The van der Waals surface area contributed by atoms with Gasteiger partial charge in [-0.1, -0.05) is 151 Å². The molecular formula is C65H79BN2S. The maximum Gasteiger partial charge on any atom is 0.264 e. The van der Waals surface area contributed by atoms with Gasteiger partial charge in [0, 0.05) is 37.6 Å². The van der Waals surface area contributed by atoms with Crippen LogP contribution in [0.15, 0.2) is 102 Å². The Morgan fingerprint density at radius 2 is 1.25 bits per heavy atom. The summed E-state index contributed by atoms with van der Waals surface area (Å²) in [6.45, 7) is 41.4. The van der Waals surface area contributed by atoms with Gasteiger partial charge in [0.05, 0.1) is 11.7 Å². The highest BCUT2D eigenvalue weighted by Crippen LogP contribution is 2.56. The topological polar surface area (TPSA) is 6.48 Å². The minimum Gasteiger partial charge on any atom is -0.339 e. The van der Waals surface area contributed by atoms with Crippen molar-refractivity contribution in [1.29, 1.82) is 0 Å². The van der Waals surface area contributed by atoms with Crippen molar-refractivity contribution in [3.63, 3.8) is 0 Å². The first-order valence-corrected chi connectivity index (χ1v) is 27.4. The Labute approximate surface area is 421 Å². The standard InChI is InChI=1S/C65H79BN2S/c1-38-30-39(2)56(40(3)31-38)41-32-53-57-54(33-41)68(45-23-24-47-48(35-45)63(12,13)27-26-62(47,10)11)58-46-36-49-50(65(16,17)29-28-64(49,14)15)37-55(46)69-59(58)66(57)51-25-20-43(61(7,8)9)34-52(51)67(53)44-21-18-42(19-22-44)60(4,5)6/h18-21,23-25,30-33,35-37,43-44H,22,26-29,34H2,1-17H3. The second kappa shape index (κ2) is 15.2. The highest BCUT2D eigenvalue weighted by Gasteiger charge is 2.50. The molecule has 4 aliphatic carbocycles. The van der Waals surface area contributed by atoms with E-state index in [1.54, 1.807) is 11.1 Å². The van der Waals surface area contributed by atoms with Crippen molar-refractivity contribution < 1.29 is 0 Å². The van der Waals surface area contributed by atoms with Gasteiger partial charge >= 0.3 is 0 Å². The predicted molar refractivity (Wildman–Crippen MR) is 303 cm³/mol. The molecule has 0 N–H and O–H groups in total. The molecule has 4 heteroatoms. The monoisotopic (exact) mass is 931 g/mol. The zero-order valence-electron chi connectivity index (χ0n) is 45.4. The highest BCUT2D eigenvalue weighted by atomic mass is 32.1. The molecule has 0 amide bonds. The Bertz CT molecular complexity index is 3120. The number of allylic oxidation sites excluding steroid dienone is 6. The van der Waals surface area contributed by atoms with Crippen molar-refractivity contribution in [2.75, 3.05) is 9.80 Å². The number of nitrogens with zero attached hydrogens (tertiary/aromatic N) is 2. The minimum atomic E-state index is 0.0740. The zero-order chi connectivity index (χ0) is 49.3. The van der Waals surface area contributed by atoms with Gasteiger partial charge in [0.1, 0.15) is 0 Å². The lowest BCUT2D eigenvalue weighted by atomic mass is 9.35. The number of thiophene rings is 1. The molecule has 2 unspecified atom stereocenters. The van der Waals surface area contributed by atoms with Crippen molar-refractivity contribution in [3.8, 4) is 11.1 Å². The first kappa shape index (κ1) is 46.8. The average Bonchev–Trinajstić information content (AvgIpc) is 3.63. The summed E-state index contributed by atoms with van der Waals surface area (Å²) in [5.41, 5.74) is 24.9. The summed E-state index contributed by atoms with van der Waals surface area (Å²) < 4.78 is 2.94. The van der Waals surface area contributed by atoms with Crippen molar-refractivity contribution in [1.82, 2.24) is 0 Å². The number of aryl methyl sites for hydroxylation is 3. The van der Waals surface area contributed by atoms with E-state index in [1.165, 1.54) is 124 Å². The predicted octanol–water partition coefficient (Wildman–Crippen LogP) is 17.1. The van der Waals surface area contributed by atoms with Gasteiger partial charge in [-0.05, 0) is 195 Å². The maximum atomic E-state index is 2.86. The average molecular weight is 931 g/mol. The van der Waals surface area contributed by atoms with Crippen molar-refractivity contribution >= 4 is 61.1 Å². The molecule has 0 saturated heterocycles. The summed E-state index contributed by atoms with van der Waals surface area (Å²) in [4.78, 5) is 5.65. The molecule has 2 atom stereocenters. The molecule has 3 heterocycles.